The maximum Gasteiger partial charge on any atom is 0.260 e. The zero-order valence-corrected chi connectivity index (χ0v) is 13.0. The lowest BCUT2D eigenvalue weighted by atomic mass is 10.2. The van der Waals surface area contributed by atoms with E-state index in [0.29, 0.717) is 0 Å². The van der Waals surface area contributed by atoms with E-state index in [0.717, 1.165) is 6.07 Å². The van der Waals surface area contributed by atoms with Crippen molar-refractivity contribution in [1.29, 1.82) is 0 Å². The van der Waals surface area contributed by atoms with Gasteiger partial charge in [0, 0.05) is 18.0 Å². The molecule has 124 valence electrons. The number of nitrogens with one attached hydrogen (secondary N) is 2. The van der Waals surface area contributed by atoms with Crippen LogP contribution in [0.1, 0.15) is 16.8 Å². The number of benzene rings is 1. The maximum absolute atomic E-state index is 13.7. The number of amides is 2. The molecule has 1 fully saturated rings. The van der Waals surface area contributed by atoms with Crippen LogP contribution >= 0.6 is 11.6 Å². The molecule has 1 saturated carbocycles. The highest BCUT2D eigenvalue weighted by molar-refractivity contribution is 6.34. The summed E-state index contributed by atoms with van der Waals surface area (Å²) < 4.78 is 26.6. The molecule has 0 aliphatic heterocycles. The molecule has 8 heteroatoms. The molecule has 1 aromatic heterocycles. The van der Waals surface area contributed by atoms with Gasteiger partial charge in [0.15, 0.2) is 0 Å². The first-order chi connectivity index (χ1) is 11.5. The molecule has 1 heterocycles. The molecule has 2 amide bonds. The molecule has 0 bridgehead atoms. The predicted molar refractivity (Wildman–Crippen MR) is 85.2 cm³/mol. The van der Waals surface area contributed by atoms with E-state index in [4.69, 9.17) is 11.6 Å². The number of hydrogen-bond acceptors (Lipinski definition) is 3. The van der Waals surface area contributed by atoms with Gasteiger partial charge in [-0.1, -0.05) is 17.7 Å². The highest BCUT2D eigenvalue weighted by Crippen LogP contribution is 2.34. The molecule has 0 radical (unpaired) electrons. The Kier molecular flexibility index (Phi) is 4.44. The highest BCUT2D eigenvalue weighted by atomic mass is 35.5. The van der Waals surface area contributed by atoms with Gasteiger partial charge < -0.3 is 10.6 Å². The van der Waals surface area contributed by atoms with Crippen LogP contribution in [0.2, 0.25) is 5.02 Å². The van der Waals surface area contributed by atoms with Crippen LogP contribution in [0.5, 0.6) is 0 Å². The standard InChI is InChI=1S/C16H12ClF2N3O2/c17-10-2-1-3-11(18)14(10)16(24)21-8-4-5-20-13(6-8)22-15(23)9-7-12(9)19/h1-6,9,12H,7H2,(H2,20,21,22,23,24)/t9-,12-/m0/s1. The SMILES string of the molecule is O=C(Nc1ccnc(NC(=O)[C@H]2C[C@@H]2F)c1)c1c(F)cccc1Cl. The van der Waals surface area contributed by atoms with Crippen molar-refractivity contribution in [3.63, 3.8) is 0 Å². The minimum atomic E-state index is -1.11. The van der Waals surface area contributed by atoms with E-state index in [1.807, 2.05) is 0 Å². The van der Waals surface area contributed by atoms with Gasteiger partial charge in [0.25, 0.3) is 5.91 Å². The van der Waals surface area contributed by atoms with E-state index in [1.165, 1.54) is 30.5 Å². The quantitative estimate of drug-likeness (QED) is 0.886. The monoisotopic (exact) mass is 351 g/mol. The highest BCUT2D eigenvalue weighted by Gasteiger charge is 2.43. The number of anilines is 2. The van der Waals surface area contributed by atoms with Gasteiger partial charge in [0.2, 0.25) is 5.91 Å². The van der Waals surface area contributed by atoms with Crippen LogP contribution in [-0.2, 0) is 4.79 Å². The smallest absolute Gasteiger partial charge is 0.260 e. The van der Waals surface area contributed by atoms with E-state index in [2.05, 4.69) is 15.6 Å². The molecule has 24 heavy (non-hydrogen) atoms. The number of halogens is 3. The molecule has 0 spiro atoms. The van der Waals surface area contributed by atoms with Crippen molar-refractivity contribution < 1.29 is 18.4 Å². The third-order valence-electron chi connectivity index (χ3n) is 3.51. The zero-order chi connectivity index (χ0) is 17.3. The molecule has 0 saturated heterocycles. The molecular weight excluding hydrogens is 340 g/mol. The Labute approximate surface area is 141 Å². The average Bonchev–Trinajstić information content (AvgIpc) is 3.24. The Morgan fingerprint density at radius 1 is 1.25 bits per heavy atom. The van der Waals surface area contributed by atoms with Gasteiger partial charge in [-0.05, 0) is 24.6 Å². The van der Waals surface area contributed by atoms with Gasteiger partial charge in [-0.25, -0.2) is 13.8 Å². The second-order valence-corrected chi connectivity index (χ2v) is 5.74. The molecule has 5 nitrogen and oxygen atoms in total. The van der Waals surface area contributed by atoms with E-state index < -0.39 is 29.7 Å². The molecule has 1 aromatic carbocycles. The van der Waals surface area contributed by atoms with Crippen molar-refractivity contribution in [1.82, 2.24) is 4.98 Å². The third-order valence-corrected chi connectivity index (χ3v) is 3.82. The number of aromatic nitrogens is 1. The van der Waals surface area contributed by atoms with E-state index in [1.54, 1.807) is 0 Å². The van der Waals surface area contributed by atoms with Crippen molar-refractivity contribution in [2.24, 2.45) is 5.92 Å². The van der Waals surface area contributed by atoms with Gasteiger partial charge in [-0.3, -0.25) is 9.59 Å². The van der Waals surface area contributed by atoms with E-state index >= 15 is 0 Å². The largest absolute Gasteiger partial charge is 0.322 e. The third kappa shape index (κ3) is 3.51. The van der Waals surface area contributed by atoms with Gasteiger partial charge in [0.1, 0.15) is 17.8 Å². The van der Waals surface area contributed by atoms with Crippen molar-refractivity contribution in [3.8, 4) is 0 Å². The number of nitrogens with zero attached hydrogens (tertiary/aromatic N) is 1. The summed E-state index contributed by atoms with van der Waals surface area (Å²) in [7, 11) is 0. The maximum atomic E-state index is 13.7. The van der Waals surface area contributed by atoms with Crippen LogP contribution in [-0.4, -0.2) is 23.0 Å². The number of rotatable bonds is 4. The molecule has 2 aromatic rings. The van der Waals surface area contributed by atoms with Gasteiger partial charge in [-0.15, -0.1) is 0 Å². The number of alkyl halides is 1. The molecule has 3 rings (SSSR count). The lowest BCUT2D eigenvalue weighted by Gasteiger charge is -2.09. The van der Waals surface area contributed by atoms with Crippen molar-refractivity contribution in [3.05, 3.63) is 52.9 Å². The lowest BCUT2D eigenvalue weighted by Crippen LogP contribution is -2.17. The first-order valence-electron chi connectivity index (χ1n) is 7.12. The van der Waals surface area contributed by atoms with Crippen LogP contribution in [0.3, 0.4) is 0 Å². The Balaban J connectivity index is 1.72. The zero-order valence-electron chi connectivity index (χ0n) is 12.2. The summed E-state index contributed by atoms with van der Waals surface area (Å²) in [5.41, 5.74) is 0.0111. The van der Waals surface area contributed by atoms with Crippen molar-refractivity contribution >= 4 is 34.9 Å². The predicted octanol–water partition coefficient (Wildman–Crippen LogP) is 3.42. The van der Waals surface area contributed by atoms with Gasteiger partial charge >= 0.3 is 0 Å². The van der Waals surface area contributed by atoms with Gasteiger partial charge in [0.05, 0.1) is 16.5 Å². The fourth-order valence-corrected chi connectivity index (χ4v) is 2.39. The molecule has 2 N–H and O–H groups in total. The summed E-state index contributed by atoms with van der Waals surface area (Å²) in [6, 6.07) is 6.78. The van der Waals surface area contributed by atoms with Crippen LogP contribution in [0, 0.1) is 11.7 Å². The Morgan fingerprint density at radius 2 is 2.00 bits per heavy atom. The molecule has 0 unspecified atom stereocenters. The molecular formula is C16H12ClF2N3O2. The number of hydrogen-bond donors (Lipinski definition) is 2. The summed E-state index contributed by atoms with van der Waals surface area (Å²) >= 11 is 5.84. The van der Waals surface area contributed by atoms with Crippen molar-refractivity contribution in [2.75, 3.05) is 10.6 Å². The van der Waals surface area contributed by atoms with Crippen molar-refractivity contribution in [2.45, 2.75) is 12.6 Å². The normalized spacial score (nSPS) is 18.8. The Morgan fingerprint density at radius 3 is 2.67 bits per heavy atom. The fourth-order valence-electron chi connectivity index (χ4n) is 2.14. The molecule has 1 aliphatic carbocycles. The molecule has 1 aliphatic rings. The summed E-state index contributed by atoms with van der Waals surface area (Å²) in [5.74, 6) is -2.42. The van der Waals surface area contributed by atoms with E-state index in [9.17, 15) is 18.4 Å². The summed E-state index contributed by atoms with van der Waals surface area (Å²) in [6.45, 7) is 0. The van der Waals surface area contributed by atoms with Crippen LogP contribution in [0.4, 0.5) is 20.3 Å². The minimum absolute atomic E-state index is 0.0159. The average molecular weight is 352 g/mol. The number of carbonyl (C=O) groups excluding carboxylic acids is 2. The first-order valence-corrected chi connectivity index (χ1v) is 7.50. The first kappa shape index (κ1) is 16.3. The van der Waals surface area contributed by atoms with Crippen LogP contribution < -0.4 is 10.6 Å². The molecule has 2 atom stereocenters. The summed E-state index contributed by atoms with van der Waals surface area (Å²) in [4.78, 5) is 27.8. The minimum Gasteiger partial charge on any atom is -0.322 e. The Bertz CT molecular complexity index is 795. The number of carbonyl (C=O) groups is 2. The fraction of sp³-hybridized carbons (Fsp3) is 0.188. The second kappa shape index (κ2) is 6.52. The lowest BCUT2D eigenvalue weighted by molar-refractivity contribution is -0.117. The summed E-state index contributed by atoms with van der Waals surface area (Å²) in [6.07, 6.45) is 0.443. The summed E-state index contributed by atoms with van der Waals surface area (Å²) in [5, 5.41) is 4.93. The van der Waals surface area contributed by atoms with Crippen LogP contribution in [0.25, 0.3) is 0 Å². The van der Waals surface area contributed by atoms with Crippen LogP contribution in [0.15, 0.2) is 36.5 Å². The Hall–Kier alpha value is -2.54. The number of pyridine rings is 1. The van der Waals surface area contributed by atoms with Gasteiger partial charge in [-0.2, -0.15) is 0 Å². The topological polar surface area (TPSA) is 71.1 Å². The van der Waals surface area contributed by atoms with E-state index in [-0.39, 0.29) is 28.5 Å². The second-order valence-electron chi connectivity index (χ2n) is 5.33.